The van der Waals surface area contributed by atoms with Gasteiger partial charge in [-0.25, -0.2) is 5.06 Å². The van der Waals surface area contributed by atoms with Crippen LogP contribution in [0.15, 0.2) is 12.3 Å². The molecule has 2 aliphatic rings. The van der Waals surface area contributed by atoms with E-state index in [1.807, 2.05) is 22.6 Å². The molecule has 0 radical (unpaired) electrons. The van der Waals surface area contributed by atoms with Gasteiger partial charge in [0.2, 0.25) is 11.8 Å². The van der Waals surface area contributed by atoms with Gasteiger partial charge in [-0.05, 0) is 25.3 Å². The van der Waals surface area contributed by atoms with E-state index in [9.17, 15) is 9.59 Å². The first-order chi connectivity index (χ1) is 11.2. The second-order valence-electron chi connectivity index (χ2n) is 6.19. The van der Waals surface area contributed by atoms with Crippen LogP contribution in [0.25, 0.3) is 0 Å². The molecule has 0 aromatic carbocycles. The van der Waals surface area contributed by atoms with Crippen LogP contribution in [0.5, 0.6) is 0 Å². The molecule has 3 heterocycles. The molecule has 126 valence electrons. The van der Waals surface area contributed by atoms with Crippen molar-refractivity contribution in [3.63, 3.8) is 0 Å². The minimum atomic E-state index is -0.118. The first-order valence-electron chi connectivity index (χ1n) is 8.42. The van der Waals surface area contributed by atoms with Crippen molar-refractivity contribution in [1.29, 1.82) is 0 Å². The summed E-state index contributed by atoms with van der Waals surface area (Å²) in [6.07, 6.45) is 5.40. The van der Waals surface area contributed by atoms with Gasteiger partial charge in [0, 0.05) is 25.7 Å². The average Bonchev–Trinajstić information content (AvgIpc) is 3.04. The standard InChI is InChI=1S/C16H24N4O3/c1-2-5-15(21)18-11-13-6-7-17-20(13)14(12-18)10-16(22)19-8-3-4-9-23-19/h6-7,14H,2-5,8-12H2,1H3/t14-/m0/s1. The van der Waals surface area contributed by atoms with Crippen LogP contribution < -0.4 is 0 Å². The number of rotatable bonds is 4. The smallest absolute Gasteiger partial charge is 0.248 e. The van der Waals surface area contributed by atoms with Crippen LogP contribution in [-0.4, -0.2) is 51.3 Å². The quantitative estimate of drug-likeness (QED) is 0.843. The van der Waals surface area contributed by atoms with Gasteiger partial charge in [0.05, 0.1) is 31.3 Å². The van der Waals surface area contributed by atoms with E-state index in [0.717, 1.165) is 25.0 Å². The zero-order chi connectivity index (χ0) is 16.2. The summed E-state index contributed by atoms with van der Waals surface area (Å²) in [5.41, 5.74) is 0.984. The Morgan fingerprint density at radius 3 is 2.96 bits per heavy atom. The zero-order valence-corrected chi connectivity index (χ0v) is 13.6. The Bertz CT molecular complexity index is 565. The number of carbonyl (C=O) groups excluding carboxylic acids is 2. The fraction of sp³-hybridized carbons (Fsp3) is 0.688. The second kappa shape index (κ2) is 7.12. The summed E-state index contributed by atoms with van der Waals surface area (Å²) in [4.78, 5) is 32.0. The summed E-state index contributed by atoms with van der Waals surface area (Å²) in [6.45, 7) is 4.36. The highest BCUT2D eigenvalue weighted by atomic mass is 16.7. The molecule has 1 aromatic rings. The minimum Gasteiger partial charge on any atom is -0.335 e. The van der Waals surface area contributed by atoms with Crippen molar-refractivity contribution in [3.05, 3.63) is 18.0 Å². The number of hydroxylamine groups is 2. The summed E-state index contributed by atoms with van der Waals surface area (Å²) in [6, 6.07) is 1.80. The van der Waals surface area contributed by atoms with Gasteiger partial charge in [0.25, 0.3) is 0 Å². The third-order valence-corrected chi connectivity index (χ3v) is 4.39. The lowest BCUT2D eigenvalue weighted by molar-refractivity contribution is -0.198. The van der Waals surface area contributed by atoms with Gasteiger partial charge in [-0.3, -0.25) is 19.1 Å². The third kappa shape index (κ3) is 3.55. The van der Waals surface area contributed by atoms with E-state index in [0.29, 0.717) is 39.1 Å². The monoisotopic (exact) mass is 320 g/mol. The molecule has 2 aliphatic heterocycles. The van der Waals surface area contributed by atoms with Crippen LogP contribution >= 0.6 is 0 Å². The largest absolute Gasteiger partial charge is 0.335 e. The fourth-order valence-electron chi connectivity index (χ4n) is 3.20. The first-order valence-corrected chi connectivity index (χ1v) is 8.42. The molecule has 23 heavy (non-hydrogen) atoms. The van der Waals surface area contributed by atoms with E-state index in [2.05, 4.69) is 5.10 Å². The predicted molar refractivity (Wildman–Crippen MR) is 83.1 cm³/mol. The molecule has 1 aromatic heterocycles. The topological polar surface area (TPSA) is 67.7 Å². The van der Waals surface area contributed by atoms with Gasteiger partial charge in [-0.1, -0.05) is 6.92 Å². The molecule has 0 saturated carbocycles. The van der Waals surface area contributed by atoms with Crippen LogP contribution in [0.4, 0.5) is 0 Å². The number of nitrogens with zero attached hydrogens (tertiary/aromatic N) is 4. The number of aromatic nitrogens is 2. The third-order valence-electron chi connectivity index (χ3n) is 4.39. The van der Waals surface area contributed by atoms with Gasteiger partial charge in [0.15, 0.2) is 0 Å². The molecule has 0 spiro atoms. The lowest BCUT2D eigenvalue weighted by Gasteiger charge is -2.35. The van der Waals surface area contributed by atoms with Crippen molar-refractivity contribution < 1.29 is 14.4 Å². The maximum absolute atomic E-state index is 12.5. The van der Waals surface area contributed by atoms with Crippen LogP contribution in [0.3, 0.4) is 0 Å². The van der Waals surface area contributed by atoms with Crippen molar-refractivity contribution in [3.8, 4) is 0 Å². The van der Waals surface area contributed by atoms with Gasteiger partial charge < -0.3 is 4.90 Å². The molecule has 0 aliphatic carbocycles. The number of amides is 2. The molecule has 7 nitrogen and oxygen atoms in total. The Kier molecular flexibility index (Phi) is 4.95. The van der Waals surface area contributed by atoms with Crippen molar-refractivity contribution in [2.45, 2.75) is 51.6 Å². The van der Waals surface area contributed by atoms with Gasteiger partial charge in [0.1, 0.15) is 0 Å². The summed E-state index contributed by atoms with van der Waals surface area (Å²) in [5, 5.41) is 5.82. The lowest BCUT2D eigenvalue weighted by Crippen LogP contribution is -2.44. The molecular formula is C16H24N4O3. The Balaban J connectivity index is 1.70. The molecule has 1 atom stereocenters. The number of hydrogen-bond donors (Lipinski definition) is 0. The highest BCUT2D eigenvalue weighted by molar-refractivity contribution is 5.77. The molecular weight excluding hydrogens is 296 g/mol. The molecule has 1 fully saturated rings. The fourth-order valence-corrected chi connectivity index (χ4v) is 3.20. The van der Waals surface area contributed by atoms with Crippen molar-refractivity contribution >= 4 is 11.8 Å². The van der Waals surface area contributed by atoms with Crippen molar-refractivity contribution in [2.75, 3.05) is 19.7 Å². The van der Waals surface area contributed by atoms with Gasteiger partial charge in [-0.15, -0.1) is 0 Å². The van der Waals surface area contributed by atoms with Crippen molar-refractivity contribution in [1.82, 2.24) is 19.7 Å². The number of carbonyl (C=O) groups is 2. The molecule has 1 saturated heterocycles. The molecule has 3 rings (SSSR count). The van der Waals surface area contributed by atoms with E-state index in [4.69, 9.17) is 4.84 Å². The van der Waals surface area contributed by atoms with Crippen molar-refractivity contribution in [2.24, 2.45) is 0 Å². The van der Waals surface area contributed by atoms with E-state index in [-0.39, 0.29) is 17.9 Å². The maximum Gasteiger partial charge on any atom is 0.248 e. The minimum absolute atomic E-state index is 0.0269. The van der Waals surface area contributed by atoms with Crippen LogP contribution in [0, 0.1) is 0 Å². The normalized spacial score (nSPS) is 21.2. The summed E-state index contributed by atoms with van der Waals surface area (Å²) < 4.78 is 1.89. The first kappa shape index (κ1) is 16.0. The Labute approximate surface area is 136 Å². The molecule has 0 N–H and O–H groups in total. The SMILES string of the molecule is CCCC(=O)N1Cc2ccnn2[C@@H](CC(=O)N2CCCCO2)C1. The zero-order valence-electron chi connectivity index (χ0n) is 13.6. The molecule has 0 bridgehead atoms. The maximum atomic E-state index is 12.5. The predicted octanol–water partition coefficient (Wildman–Crippen LogP) is 1.51. The van der Waals surface area contributed by atoms with Gasteiger partial charge >= 0.3 is 0 Å². The van der Waals surface area contributed by atoms with E-state index >= 15 is 0 Å². The van der Waals surface area contributed by atoms with E-state index in [1.165, 1.54) is 5.06 Å². The van der Waals surface area contributed by atoms with Crippen LogP contribution in [0.2, 0.25) is 0 Å². The lowest BCUT2D eigenvalue weighted by atomic mass is 10.1. The highest BCUT2D eigenvalue weighted by Gasteiger charge is 2.31. The highest BCUT2D eigenvalue weighted by Crippen LogP contribution is 2.25. The van der Waals surface area contributed by atoms with Crippen LogP contribution in [-0.2, 0) is 21.0 Å². The summed E-state index contributed by atoms with van der Waals surface area (Å²) in [7, 11) is 0. The second-order valence-corrected chi connectivity index (χ2v) is 6.19. The number of fused-ring (bicyclic) bond motifs is 1. The Morgan fingerprint density at radius 1 is 1.35 bits per heavy atom. The Hall–Kier alpha value is -1.89. The van der Waals surface area contributed by atoms with E-state index < -0.39 is 0 Å². The summed E-state index contributed by atoms with van der Waals surface area (Å²) >= 11 is 0. The molecule has 2 amide bonds. The summed E-state index contributed by atoms with van der Waals surface area (Å²) in [5.74, 6) is 0.118. The average molecular weight is 320 g/mol. The van der Waals surface area contributed by atoms with Crippen LogP contribution in [0.1, 0.15) is 50.8 Å². The number of hydrogen-bond acceptors (Lipinski definition) is 4. The molecule has 0 unspecified atom stereocenters. The van der Waals surface area contributed by atoms with E-state index in [1.54, 1.807) is 6.20 Å². The Morgan fingerprint density at radius 2 is 2.22 bits per heavy atom. The van der Waals surface area contributed by atoms with Gasteiger partial charge in [-0.2, -0.15) is 5.10 Å². The molecule has 7 heteroatoms.